The van der Waals surface area contributed by atoms with Gasteiger partial charge < -0.3 is 15.4 Å². The Morgan fingerprint density at radius 3 is 2.83 bits per heavy atom. The summed E-state index contributed by atoms with van der Waals surface area (Å²) in [5.74, 6) is 0.951. The molecule has 0 saturated heterocycles. The lowest BCUT2D eigenvalue weighted by Gasteiger charge is -2.17. The molecule has 3 heterocycles. The second-order valence-corrected chi connectivity index (χ2v) is 8.05. The van der Waals surface area contributed by atoms with Gasteiger partial charge in [0.2, 0.25) is 0 Å². The van der Waals surface area contributed by atoms with Crippen molar-refractivity contribution in [3.63, 3.8) is 0 Å². The van der Waals surface area contributed by atoms with E-state index in [1.165, 1.54) is 6.33 Å². The summed E-state index contributed by atoms with van der Waals surface area (Å²) in [6.45, 7) is 4.73. The van der Waals surface area contributed by atoms with Gasteiger partial charge >= 0.3 is 0 Å². The molecule has 176 valence electrons. The van der Waals surface area contributed by atoms with Gasteiger partial charge in [0.05, 0.1) is 34.9 Å². The van der Waals surface area contributed by atoms with Crippen LogP contribution >= 0.6 is 0 Å². The molecule has 2 aromatic carbocycles. The van der Waals surface area contributed by atoms with Crippen LogP contribution in [0.15, 0.2) is 73.3 Å². The largest absolute Gasteiger partial charge is 0.480 e. The van der Waals surface area contributed by atoms with E-state index in [0.717, 1.165) is 22.3 Å². The molecule has 35 heavy (non-hydrogen) atoms. The summed E-state index contributed by atoms with van der Waals surface area (Å²) in [4.78, 5) is 25.4. The molecule has 1 atom stereocenters. The molecule has 0 unspecified atom stereocenters. The lowest BCUT2D eigenvalue weighted by atomic mass is 10.2. The molecule has 0 radical (unpaired) electrons. The zero-order valence-electron chi connectivity index (χ0n) is 19.5. The third-order valence-electron chi connectivity index (χ3n) is 5.59. The first-order valence-corrected chi connectivity index (χ1v) is 11.4. The van der Waals surface area contributed by atoms with Crippen LogP contribution in [0.25, 0.3) is 21.8 Å². The lowest BCUT2D eigenvalue weighted by Crippen LogP contribution is -2.36. The summed E-state index contributed by atoms with van der Waals surface area (Å²) in [6, 6.07) is 17.4. The first-order chi connectivity index (χ1) is 17.1. The van der Waals surface area contributed by atoms with Crippen LogP contribution in [0.2, 0.25) is 0 Å². The number of ether oxygens (including phenoxy) is 1. The summed E-state index contributed by atoms with van der Waals surface area (Å²) < 4.78 is 7.93. The minimum Gasteiger partial charge on any atom is -0.480 e. The van der Waals surface area contributed by atoms with Gasteiger partial charge in [0.15, 0.2) is 6.10 Å². The Morgan fingerprint density at radius 1 is 1.09 bits per heavy atom. The van der Waals surface area contributed by atoms with Crippen LogP contribution in [-0.2, 0) is 11.3 Å². The number of likely N-dealkylation sites (N-methyl/N-ethyl adjacent to an activating group) is 1. The van der Waals surface area contributed by atoms with Crippen molar-refractivity contribution >= 4 is 39.2 Å². The summed E-state index contributed by atoms with van der Waals surface area (Å²) in [7, 11) is 0. The molecule has 0 aliphatic rings. The number of hydrogen-bond donors (Lipinski definition) is 2. The van der Waals surface area contributed by atoms with Crippen molar-refractivity contribution < 1.29 is 9.53 Å². The van der Waals surface area contributed by atoms with Gasteiger partial charge in [-0.1, -0.05) is 12.1 Å². The smallest absolute Gasteiger partial charge is 0.260 e. The fourth-order valence-corrected chi connectivity index (χ4v) is 3.91. The molecule has 3 aromatic heterocycles. The van der Waals surface area contributed by atoms with Crippen molar-refractivity contribution in [2.24, 2.45) is 0 Å². The van der Waals surface area contributed by atoms with Crippen molar-refractivity contribution in [2.75, 3.05) is 11.9 Å². The summed E-state index contributed by atoms with van der Waals surface area (Å²) in [5.41, 5.74) is 3.52. The predicted molar refractivity (Wildman–Crippen MR) is 135 cm³/mol. The maximum absolute atomic E-state index is 12.2. The molecule has 5 aromatic rings. The molecule has 9 nitrogen and oxygen atoms in total. The molecule has 0 aliphatic heterocycles. The van der Waals surface area contributed by atoms with E-state index in [1.807, 2.05) is 72.4 Å². The SMILES string of the molecule is CCNC(=O)[C@@H](C)Oc1cccc2ncnc(Nc3ccc4c(cnn4Cc4ccccn4)c3)c12. The van der Waals surface area contributed by atoms with Crippen LogP contribution in [-0.4, -0.2) is 43.3 Å². The Morgan fingerprint density at radius 2 is 2.00 bits per heavy atom. The van der Waals surface area contributed by atoms with E-state index in [0.29, 0.717) is 35.6 Å². The van der Waals surface area contributed by atoms with Gasteiger partial charge in [0.25, 0.3) is 5.91 Å². The highest BCUT2D eigenvalue weighted by Gasteiger charge is 2.17. The molecule has 0 spiro atoms. The Labute approximate surface area is 202 Å². The zero-order valence-corrected chi connectivity index (χ0v) is 19.5. The quantitative estimate of drug-likeness (QED) is 0.354. The fraction of sp³-hybridized carbons (Fsp3) is 0.192. The standard InChI is InChI=1S/C26H25N7O2/c1-3-27-26(34)17(2)35-23-9-6-8-21-24(23)25(30-16-29-21)32-19-10-11-22-18(13-19)14-31-33(22)15-20-7-4-5-12-28-20/h4-14,16-17H,3,15H2,1-2H3,(H,27,34)(H,29,30,32)/t17-/m1/s1. The molecular weight excluding hydrogens is 442 g/mol. The van der Waals surface area contributed by atoms with Gasteiger partial charge in [-0.3, -0.25) is 14.5 Å². The highest BCUT2D eigenvalue weighted by Crippen LogP contribution is 2.32. The van der Waals surface area contributed by atoms with Gasteiger partial charge in [0.1, 0.15) is 17.9 Å². The van der Waals surface area contributed by atoms with Crippen molar-refractivity contribution in [3.8, 4) is 5.75 Å². The van der Waals surface area contributed by atoms with Gasteiger partial charge in [-0.25, -0.2) is 9.97 Å². The Kier molecular flexibility index (Phi) is 6.21. The van der Waals surface area contributed by atoms with Crippen molar-refractivity contribution in [1.82, 2.24) is 30.0 Å². The number of nitrogens with zero attached hydrogens (tertiary/aromatic N) is 5. The fourth-order valence-electron chi connectivity index (χ4n) is 3.91. The Hall–Kier alpha value is -4.53. The molecule has 1 amide bonds. The van der Waals surface area contributed by atoms with E-state index in [2.05, 4.69) is 30.7 Å². The van der Waals surface area contributed by atoms with Crippen LogP contribution in [0.5, 0.6) is 5.75 Å². The number of pyridine rings is 1. The molecular formula is C26H25N7O2. The molecule has 9 heteroatoms. The molecule has 0 fully saturated rings. The first kappa shape index (κ1) is 22.3. The predicted octanol–water partition coefficient (Wildman–Crippen LogP) is 4.07. The number of nitrogens with one attached hydrogen (secondary N) is 2. The zero-order chi connectivity index (χ0) is 24.2. The van der Waals surface area contributed by atoms with E-state index < -0.39 is 6.10 Å². The van der Waals surface area contributed by atoms with E-state index in [-0.39, 0.29) is 5.91 Å². The third-order valence-corrected chi connectivity index (χ3v) is 5.59. The van der Waals surface area contributed by atoms with Crippen LogP contribution < -0.4 is 15.4 Å². The number of carbonyl (C=O) groups is 1. The van der Waals surface area contributed by atoms with Crippen molar-refractivity contribution in [3.05, 3.63) is 79.0 Å². The number of rotatable bonds is 8. The van der Waals surface area contributed by atoms with Gasteiger partial charge in [-0.15, -0.1) is 0 Å². The Bertz CT molecular complexity index is 1480. The number of fused-ring (bicyclic) bond motifs is 2. The van der Waals surface area contributed by atoms with Gasteiger partial charge in [0, 0.05) is 23.8 Å². The highest BCUT2D eigenvalue weighted by atomic mass is 16.5. The van der Waals surface area contributed by atoms with E-state index in [4.69, 9.17) is 4.74 Å². The molecule has 5 rings (SSSR count). The summed E-state index contributed by atoms with van der Waals surface area (Å²) in [6.07, 6.45) is 4.47. The maximum atomic E-state index is 12.2. The Balaban J connectivity index is 1.44. The molecule has 2 N–H and O–H groups in total. The molecule has 0 saturated carbocycles. The van der Waals surface area contributed by atoms with Crippen LogP contribution in [0.3, 0.4) is 0 Å². The van der Waals surface area contributed by atoms with Crippen molar-refractivity contribution in [2.45, 2.75) is 26.5 Å². The first-order valence-electron chi connectivity index (χ1n) is 11.4. The van der Waals surface area contributed by atoms with Gasteiger partial charge in [-0.2, -0.15) is 5.10 Å². The van der Waals surface area contributed by atoms with Gasteiger partial charge in [-0.05, 0) is 56.3 Å². The maximum Gasteiger partial charge on any atom is 0.260 e. The number of anilines is 2. The topological polar surface area (TPSA) is 107 Å². The number of aromatic nitrogens is 5. The highest BCUT2D eigenvalue weighted by molar-refractivity contribution is 5.96. The van der Waals surface area contributed by atoms with Crippen LogP contribution in [0.1, 0.15) is 19.5 Å². The summed E-state index contributed by atoms with van der Waals surface area (Å²) in [5, 5.41) is 12.4. The average Bonchev–Trinajstić information content (AvgIpc) is 3.27. The number of amides is 1. The number of hydrogen-bond acceptors (Lipinski definition) is 7. The normalized spacial score (nSPS) is 11.9. The van der Waals surface area contributed by atoms with E-state index in [1.54, 1.807) is 13.1 Å². The summed E-state index contributed by atoms with van der Waals surface area (Å²) >= 11 is 0. The average molecular weight is 468 g/mol. The number of benzene rings is 2. The minimum absolute atomic E-state index is 0.177. The van der Waals surface area contributed by atoms with E-state index >= 15 is 0 Å². The second-order valence-electron chi connectivity index (χ2n) is 8.05. The second kappa shape index (κ2) is 9.76. The monoisotopic (exact) mass is 467 g/mol. The molecule has 0 aliphatic carbocycles. The number of carbonyl (C=O) groups excluding carboxylic acids is 1. The molecule has 0 bridgehead atoms. The van der Waals surface area contributed by atoms with Crippen molar-refractivity contribution in [1.29, 1.82) is 0 Å². The third kappa shape index (κ3) is 4.74. The van der Waals surface area contributed by atoms with E-state index in [9.17, 15) is 4.79 Å². The lowest BCUT2D eigenvalue weighted by molar-refractivity contribution is -0.127. The van der Waals surface area contributed by atoms with Crippen LogP contribution in [0, 0.1) is 0 Å². The van der Waals surface area contributed by atoms with Crippen LogP contribution in [0.4, 0.5) is 11.5 Å². The minimum atomic E-state index is -0.658.